The Balaban J connectivity index is 0.959. The maximum Gasteiger partial charge on any atom is 0.407 e. The normalized spacial score (nSPS) is 16.3. The standard InChI is InChI=1S/C50H57FN10O12/c1-4-50(71)33-20-38-43-31(23-61(38)46(67)32(33)25-72-47(50)68)30(29-19-35(52)34(51)21-37(29)57-43)22-55-49(70)73-24-27-11-13-28(14-12-27)56-44(65)36(9-8-17-54-48(53)69)58-45(66)42(26(2)3)59-39(62)10-6-5-7-18-60-40(63)15-16-41(60)64/h11-16,19-21,26,36,42,71H,4-10,17-18,22-25,52H2,1-3H3,(H,55,70)(H,56,65)(H,58,66)(H,59,62)(H3,53,54,69)/t36-,42-,50-/m0/s1. The lowest BCUT2D eigenvalue weighted by Gasteiger charge is -2.31. The number of primary amides is 1. The van der Waals surface area contributed by atoms with Gasteiger partial charge >= 0.3 is 18.1 Å². The summed E-state index contributed by atoms with van der Waals surface area (Å²) in [5.74, 6) is -4.31. The van der Waals surface area contributed by atoms with Gasteiger partial charge in [0.2, 0.25) is 17.7 Å². The Morgan fingerprint density at radius 3 is 2.34 bits per heavy atom. The monoisotopic (exact) mass is 1010 g/mol. The summed E-state index contributed by atoms with van der Waals surface area (Å²) in [6.07, 6.45) is 3.48. The zero-order valence-electron chi connectivity index (χ0n) is 40.4. The number of pyridine rings is 2. The van der Waals surface area contributed by atoms with E-state index in [-0.39, 0.29) is 122 Å². The molecular formula is C50H57FN10O12. The molecule has 0 saturated carbocycles. The molecule has 386 valence electrons. The molecular weight excluding hydrogens is 952 g/mol. The molecule has 10 N–H and O–H groups in total. The van der Waals surface area contributed by atoms with Gasteiger partial charge in [-0.15, -0.1) is 0 Å². The molecule has 8 amide bonds. The number of benzene rings is 2. The number of fused-ring (bicyclic) bond motifs is 5. The molecule has 7 rings (SSSR count). The van der Waals surface area contributed by atoms with E-state index in [1.165, 1.54) is 28.9 Å². The number of unbranched alkanes of at least 4 members (excludes halogenated alkanes) is 2. The molecule has 23 heteroatoms. The average molecular weight is 1010 g/mol. The number of esters is 1. The number of hydrogen-bond donors (Lipinski definition) is 8. The fourth-order valence-corrected chi connectivity index (χ4v) is 8.89. The number of halogens is 1. The van der Waals surface area contributed by atoms with Crippen molar-refractivity contribution in [2.24, 2.45) is 11.7 Å². The number of alkyl carbamates (subject to hydrolysis) is 1. The minimum atomic E-state index is -2.06. The highest BCUT2D eigenvalue weighted by molar-refractivity contribution is 6.12. The van der Waals surface area contributed by atoms with E-state index < -0.39 is 59.0 Å². The third kappa shape index (κ3) is 11.8. The molecule has 3 aliphatic heterocycles. The zero-order valence-corrected chi connectivity index (χ0v) is 40.4. The second-order valence-corrected chi connectivity index (χ2v) is 18.3. The van der Waals surface area contributed by atoms with Crippen LogP contribution in [0.3, 0.4) is 0 Å². The topological polar surface area (TPSA) is 326 Å². The van der Waals surface area contributed by atoms with Crippen LogP contribution in [0, 0.1) is 11.7 Å². The molecule has 0 radical (unpaired) electrons. The Morgan fingerprint density at radius 2 is 1.66 bits per heavy atom. The van der Waals surface area contributed by atoms with Crippen molar-refractivity contribution in [1.82, 2.24) is 35.7 Å². The fourth-order valence-electron chi connectivity index (χ4n) is 8.89. The highest BCUT2D eigenvalue weighted by atomic mass is 19.1. The number of carbonyl (C=O) groups excluding carboxylic acids is 8. The largest absolute Gasteiger partial charge is 0.458 e. The van der Waals surface area contributed by atoms with Gasteiger partial charge in [0.15, 0.2) is 5.60 Å². The van der Waals surface area contributed by atoms with Gasteiger partial charge in [0.05, 0.1) is 34.7 Å². The Bertz CT molecular complexity index is 2960. The van der Waals surface area contributed by atoms with Crippen LogP contribution in [0.2, 0.25) is 0 Å². The number of aliphatic hydroxyl groups is 1. The highest BCUT2D eigenvalue weighted by Crippen LogP contribution is 2.41. The number of cyclic esters (lactones) is 1. The average Bonchev–Trinajstić information content (AvgIpc) is 3.89. The molecule has 22 nitrogen and oxygen atoms in total. The van der Waals surface area contributed by atoms with E-state index in [0.29, 0.717) is 47.0 Å². The summed E-state index contributed by atoms with van der Waals surface area (Å²) in [6, 6.07) is 7.53. The number of nitrogens with two attached hydrogens (primary N) is 2. The Morgan fingerprint density at radius 1 is 0.932 bits per heavy atom. The first kappa shape index (κ1) is 52.6. The molecule has 5 heterocycles. The first-order valence-electron chi connectivity index (χ1n) is 23.8. The number of carbonyl (C=O) groups is 8. The first-order chi connectivity index (χ1) is 34.8. The minimum Gasteiger partial charge on any atom is -0.458 e. The third-order valence-corrected chi connectivity index (χ3v) is 13.0. The number of amides is 8. The number of aromatic nitrogens is 2. The Labute approximate surface area is 417 Å². The summed E-state index contributed by atoms with van der Waals surface area (Å²) in [4.78, 5) is 121. The molecule has 0 bridgehead atoms. The van der Waals surface area contributed by atoms with E-state index in [2.05, 4.69) is 31.6 Å². The second-order valence-electron chi connectivity index (χ2n) is 18.3. The van der Waals surface area contributed by atoms with Gasteiger partial charge in [0, 0.05) is 66.5 Å². The molecule has 0 spiro atoms. The van der Waals surface area contributed by atoms with E-state index >= 15 is 0 Å². The Kier molecular flexibility index (Phi) is 16.2. The number of imide groups is 1. The molecule has 3 aliphatic rings. The smallest absolute Gasteiger partial charge is 0.407 e. The molecule has 2 aromatic carbocycles. The van der Waals surface area contributed by atoms with Crippen LogP contribution >= 0.6 is 0 Å². The third-order valence-electron chi connectivity index (χ3n) is 13.0. The van der Waals surface area contributed by atoms with Gasteiger partial charge in [-0.3, -0.25) is 33.7 Å². The number of nitrogens with one attached hydrogen (secondary N) is 5. The quantitative estimate of drug-likeness (QED) is 0.0227. The minimum absolute atomic E-state index is 0.00187. The van der Waals surface area contributed by atoms with Gasteiger partial charge in [-0.25, -0.2) is 23.8 Å². The van der Waals surface area contributed by atoms with Crippen molar-refractivity contribution in [3.63, 3.8) is 0 Å². The lowest BCUT2D eigenvalue weighted by atomic mass is 9.86. The summed E-state index contributed by atoms with van der Waals surface area (Å²) in [5, 5.41) is 25.1. The summed E-state index contributed by atoms with van der Waals surface area (Å²) in [5.41, 5.74) is 11.3. The number of urea groups is 1. The molecule has 0 fully saturated rings. The van der Waals surface area contributed by atoms with Crippen molar-refractivity contribution in [1.29, 1.82) is 0 Å². The summed E-state index contributed by atoms with van der Waals surface area (Å²) < 4.78 is 26.9. The van der Waals surface area contributed by atoms with Crippen LogP contribution < -0.4 is 43.6 Å². The van der Waals surface area contributed by atoms with Crippen molar-refractivity contribution in [2.45, 2.75) is 110 Å². The molecule has 2 aromatic heterocycles. The van der Waals surface area contributed by atoms with E-state index in [0.717, 1.165) is 11.0 Å². The van der Waals surface area contributed by atoms with Gasteiger partial charge in [-0.05, 0) is 73.4 Å². The van der Waals surface area contributed by atoms with E-state index in [9.17, 15) is 52.6 Å². The zero-order chi connectivity index (χ0) is 52.7. The SMILES string of the molecule is CC[C@@]1(O)C(=O)OCc2c1cc1n(c2=O)Cc2c-1nc1cc(F)c(N)cc1c2CNC(=O)OCc1ccc(NC(=O)[C@H](CCCNC(N)=O)NC(=O)[C@@H](NC(=O)CCCCCN2C(=O)C=CC2=O)C(C)C)cc1. The van der Waals surface area contributed by atoms with Gasteiger partial charge < -0.3 is 57.2 Å². The lowest BCUT2D eigenvalue weighted by Crippen LogP contribution is -2.54. The van der Waals surface area contributed by atoms with Crippen LogP contribution in [0.25, 0.3) is 22.3 Å². The first-order valence-corrected chi connectivity index (χ1v) is 23.8. The number of anilines is 2. The van der Waals surface area contributed by atoms with E-state index in [1.54, 1.807) is 45.0 Å². The number of ether oxygens (including phenoxy) is 2. The number of hydrogen-bond acceptors (Lipinski definition) is 14. The number of nitrogens with zero attached hydrogens (tertiary/aromatic N) is 3. The van der Waals surface area contributed by atoms with E-state index in [1.807, 2.05) is 0 Å². The van der Waals surface area contributed by atoms with Crippen LogP contribution in [0.1, 0.15) is 93.5 Å². The summed E-state index contributed by atoms with van der Waals surface area (Å²) in [6.45, 7) is 4.73. The Hall–Kier alpha value is -8.21. The van der Waals surface area contributed by atoms with Crippen molar-refractivity contribution < 1.29 is 57.3 Å². The van der Waals surface area contributed by atoms with Gasteiger partial charge in [-0.1, -0.05) is 39.3 Å². The molecule has 73 heavy (non-hydrogen) atoms. The fraction of sp³-hybridized carbons (Fsp3) is 0.400. The highest BCUT2D eigenvalue weighted by Gasteiger charge is 2.45. The molecule has 0 saturated heterocycles. The maximum absolute atomic E-state index is 14.8. The predicted molar refractivity (Wildman–Crippen MR) is 261 cm³/mol. The number of rotatable bonds is 21. The van der Waals surface area contributed by atoms with Crippen LogP contribution in [0.4, 0.5) is 25.4 Å². The molecule has 4 aromatic rings. The van der Waals surface area contributed by atoms with Crippen molar-refractivity contribution in [2.75, 3.05) is 24.1 Å². The van der Waals surface area contributed by atoms with Crippen LogP contribution in [0.15, 0.2) is 59.4 Å². The van der Waals surface area contributed by atoms with Gasteiger partial charge in [-0.2, -0.15) is 0 Å². The maximum atomic E-state index is 14.8. The molecule has 0 unspecified atom stereocenters. The van der Waals surface area contributed by atoms with Crippen molar-refractivity contribution in [3.05, 3.63) is 98.6 Å². The van der Waals surface area contributed by atoms with Gasteiger partial charge in [0.25, 0.3) is 17.4 Å². The second kappa shape index (κ2) is 22.5. The van der Waals surface area contributed by atoms with Crippen molar-refractivity contribution >= 4 is 69.9 Å². The molecule has 0 aliphatic carbocycles. The number of nitrogen functional groups attached to an aromatic ring is 1. The predicted octanol–water partition coefficient (Wildman–Crippen LogP) is 2.73. The lowest BCUT2D eigenvalue weighted by molar-refractivity contribution is -0.172. The van der Waals surface area contributed by atoms with Crippen LogP contribution in [0.5, 0.6) is 0 Å². The van der Waals surface area contributed by atoms with E-state index in [4.69, 9.17) is 20.9 Å². The van der Waals surface area contributed by atoms with Crippen molar-refractivity contribution in [3.8, 4) is 11.4 Å². The van der Waals surface area contributed by atoms with Gasteiger partial charge in [0.1, 0.15) is 31.1 Å². The summed E-state index contributed by atoms with van der Waals surface area (Å²) in [7, 11) is 0. The molecule has 3 atom stereocenters. The summed E-state index contributed by atoms with van der Waals surface area (Å²) >= 11 is 0. The van der Waals surface area contributed by atoms with Crippen LogP contribution in [-0.2, 0) is 70.1 Å². The van der Waals surface area contributed by atoms with Crippen LogP contribution in [-0.4, -0.2) is 92.4 Å².